The molecule has 94 valence electrons. The van der Waals surface area contributed by atoms with E-state index in [2.05, 4.69) is 5.32 Å². The maximum atomic E-state index is 10.6. The van der Waals surface area contributed by atoms with Gasteiger partial charge in [-0.2, -0.15) is 0 Å². The highest BCUT2D eigenvalue weighted by Gasteiger charge is 2.34. The van der Waals surface area contributed by atoms with E-state index < -0.39 is 5.60 Å². The monoisotopic (exact) mass is 273 g/mol. The van der Waals surface area contributed by atoms with Crippen LogP contribution in [0.1, 0.15) is 31.2 Å². The Labute approximate surface area is 112 Å². The fourth-order valence-corrected chi connectivity index (χ4v) is 2.76. The van der Waals surface area contributed by atoms with Crippen molar-refractivity contribution in [2.75, 3.05) is 7.05 Å². The fraction of sp³-hybridized carbons (Fsp3) is 0.538. The second kappa shape index (κ2) is 5.15. The lowest BCUT2D eigenvalue weighted by Gasteiger charge is -2.36. The number of halogens is 2. The summed E-state index contributed by atoms with van der Waals surface area (Å²) >= 11 is 11.9. The van der Waals surface area contributed by atoms with Gasteiger partial charge in [0, 0.05) is 6.04 Å². The number of rotatable bonds is 2. The maximum Gasteiger partial charge on any atom is 0.0898 e. The Kier molecular flexibility index (Phi) is 3.99. The topological polar surface area (TPSA) is 32.3 Å². The van der Waals surface area contributed by atoms with E-state index in [1.165, 1.54) is 0 Å². The van der Waals surface area contributed by atoms with E-state index in [1.807, 2.05) is 13.1 Å². The van der Waals surface area contributed by atoms with Crippen LogP contribution in [0.15, 0.2) is 18.2 Å². The molecule has 0 amide bonds. The minimum atomic E-state index is -0.748. The van der Waals surface area contributed by atoms with Gasteiger partial charge in [-0.25, -0.2) is 0 Å². The molecule has 4 heteroatoms. The van der Waals surface area contributed by atoms with E-state index >= 15 is 0 Å². The first-order valence-electron chi connectivity index (χ1n) is 5.90. The molecule has 1 saturated carbocycles. The number of benzene rings is 1. The van der Waals surface area contributed by atoms with E-state index in [0.717, 1.165) is 31.2 Å². The first-order valence-corrected chi connectivity index (χ1v) is 6.66. The third-order valence-corrected chi connectivity index (χ3v) is 4.42. The van der Waals surface area contributed by atoms with Crippen molar-refractivity contribution in [2.45, 2.75) is 37.3 Å². The van der Waals surface area contributed by atoms with E-state index in [-0.39, 0.29) is 0 Å². The van der Waals surface area contributed by atoms with Crippen molar-refractivity contribution in [1.82, 2.24) is 5.32 Å². The summed E-state index contributed by atoms with van der Waals surface area (Å²) in [6, 6.07) is 5.91. The predicted molar refractivity (Wildman–Crippen MR) is 71.7 cm³/mol. The largest absolute Gasteiger partial charge is 0.385 e. The van der Waals surface area contributed by atoms with Gasteiger partial charge >= 0.3 is 0 Å². The Morgan fingerprint density at radius 1 is 1.24 bits per heavy atom. The molecular weight excluding hydrogens is 257 g/mol. The number of hydrogen-bond donors (Lipinski definition) is 2. The summed E-state index contributed by atoms with van der Waals surface area (Å²) in [5.41, 5.74) is 0.128. The molecule has 2 rings (SSSR count). The van der Waals surface area contributed by atoms with Crippen LogP contribution in [-0.2, 0) is 5.60 Å². The molecule has 0 atom stereocenters. The Bertz CT molecular complexity index is 400. The minimum Gasteiger partial charge on any atom is -0.385 e. The standard InChI is InChI=1S/C13H17Cl2NO/c1-16-10-4-6-13(17,7-5-10)9-2-3-11(14)12(15)8-9/h2-3,8,10,16-17H,4-7H2,1H3. The summed E-state index contributed by atoms with van der Waals surface area (Å²) < 4.78 is 0. The van der Waals surface area contributed by atoms with Crippen LogP contribution in [0.2, 0.25) is 10.0 Å². The number of nitrogens with one attached hydrogen (secondary N) is 1. The van der Waals surface area contributed by atoms with Gasteiger partial charge in [0.05, 0.1) is 15.6 Å². The summed E-state index contributed by atoms with van der Waals surface area (Å²) in [6.07, 6.45) is 3.48. The van der Waals surface area contributed by atoms with Gasteiger partial charge in [0.15, 0.2) is 0 Å². The molecule has 2 N–H and O–H groups in total. The zero-order valence-corrected chi connectivity index (χ0v) is 11.4. The Morgan fingerprint density at radius 2 is 1.88 bits per heavy atom. The molecular formula is C13H17Cl2NO. The van der Waals surface area contributed by atoms with Crippen LogP contribution < -0.4 is 5.32 Å². The molecule has 1 aliphatic rings. The molecule has 0 spiro atoms. The second-order valence-electron chi connectivity index (χ2n) is 4.72. The van der Waals surface area contributed by atoms with E-state index in [4.69, 9.17) is 23.2 Å². The van der Waals surface area contributed by atoms with Gasteiger partial charge in [0.25, 0.3) is 0 Å². The molecule has 1 aliphatic carbocycles. The molecule has 2 nitrogen and oxygen atoms in total. The average molecular weight is 274 g/mol. The smallest absolute Gasteiger partial charge is 0.0898 e. The van der Waals surface area contributed by atoms with Gasteiger partial charge in [0.1, 0.15) is 0 Å². The van der Waals surface area contributed by atoms with Crippen LogP contribution in [0.5, 0.6) is 0 Å². The van der Waals surface area contributed by atoms with Crippen LogP contribution in [0.3, 0.4) is 0 Å². The van der Waals surface area contributed by atoms with Gasteiger partial charge < -0.3 is 10.4 Å². The summed E-state index contributed by atoms with van der Waals surface area (Å²) in [5.74, 6) is 0. The number of hydrogen-bond acceptors (Lipinski definition) is 2. The van der Waals surface area contributed by atoms with Crippen molar-refractivity contribution >= 4 is 23.2 Å². The second-order valence-corrected chi connectivity index (χ2v) is 5.54. The van der Waals surface area contributed by atoms with E-state index in [0.29, 0.717) is 16.1 Å². The van der Waals surface area contributed by atoms with Crippen molar-refractivity contribution in [2.24, 2.45) is 0 Å². The fourth-order valence-electron chi connectivity index (χ4n) is 2.46. The molecule has 0 bridgehead atoms. The highest BCUT2D eigenvalue weighted by atomic mass is 35.5. The summed E-state index contributed by atoms with van der Waals surface area (Å²) in [6.45, 7) is 0. The first kappa shape index (κ1) is 13.2. The summed E-state index contributed by atoms with van der Waals surface area (Å²) in [4.78, 5) is 0. The summed E-state index contributed by atoms with van der Waals surface area (Å²) in [5, 5.41) is 14.9. The SMILES string of the molecule is CNC1CCC(O)(c2ccc(Cl)c(Cl)c2)CC1. The highest BCUT2D eigenvalue weighted by molar-refractivity contribution is 6.42. The van der Waals surface area contributed by atoms with Crippen LogP contribution in [-0.4, -0.2) is 18.2 Å². The van der Waals surface area contributed by atoms with Crippen molar-refractivity contribution in [3.63, 3.8) is 0 Å². The minimum absolute atomic E-state index is 0.508. The molecule has 1 aromatic rings. The Hall–Kier alpha value is -0.280. The number of aliphatic hydroxyl groups is 1. The average Bonchev–Trinajstić information content (AvgIpc) is 2.33. The van der Waals surface area contributed by atoms with Crippen LogP contribution in [0, 0.1) is 0 Å². The van der Waals surface area contributed by atoms with E-state index in [1.54, 1.807) is 12.1 Å². The third-order valence-electron chi connectivity index (χ3n) is 3.68. The lowest BCUT2D eigenvalue weighted by molar-refractivity contribution is -0.00762. The van der Waals surface area contributed by atoms with Gasteiger partial charge in [0.2, 0.25) is 0 Å². The van der Waals surface area contributed by atoms with Crippen LogP contribution in [0.4, 0.5) is 0 Å². The van der Waals surface area contributed by atoms with Gasteiger partial charge in [-0.3, -0.25) is 0 Å². The van der Waals surface area contributed by atoms with Gasteiger partial charge in [-0.05, 0) is 50.4 Å². The Morgan fingerprint density at radius 3 is 2.41 bits per heavy atom. The Balaban J connectivity index is 2.18. The third kappa shape index (κ3) is 2.76. The molecule has 0 heterocycles. The van der Waals surface area contributed by atoms with Crippen molar-refractivity contribution in [3.8, 4) is 0 Å². The molecule has 0 radical (unpaired) electrons. The van der Waals surface area contributed by atoms with Crippen LogP contribution in [0.25, 0.3) is 0 Å². The van der Waals surface area contributed by atoms with Crippen molar-refractivity contribution in [1.29, 1.82) is 0 Å². The molecule has 0 aliphatic heterocycles. The molecule has 0 unspecified atom stereocenters. The lowest BCUT2D eigenvalue weighted by atomic mass is 9.78. The normalized spacial score (nSPS) is 29.3. The molecule has 0 saturated heterocycles. The molecule has 0 aromatic heterocycles. The molecule has 1 fully saturated rings. The highest BCUT2D eigenvalue weighted by Crippen LogP contribution is 2.38. The van der Waals surface area contributed by atoms with Crippen molar-refractivity contribution < 1.29 is 5.11 Å². The molecule has 1 aromatic carbocycles. The molecule has 17 heavy (non-hydrogen) atoms. The zero-order chi connectivity index (χ0) is 12.5. The van der Waals surface area contributed by atoms with Gasteiger partial charge in [-0.15, -0.1) is 0 Å². The quantitative estimate of drug-likeness (QED) is 0.866. The maximum absolute atomic E-state index is 10.6. The summed E-state index contributed by atoms with van der Waals surface area (Å²) in [7, 11) is 1.97. The predicted octanol–water partition coefficient (Wildman–Crippen LogP) is 3.34. The van der Waals surface area contributed by atoms with Gasteiger partial charge in [-0.1, -0.05) is 29.3 Å². The zero-order valence-electron chi connectivity index (χ0n) is 9.84. The lowest BCUT2D eigenvalue weighted by Crippen LogP contribution is -2.38. The first-order chi connectivity index (χ1) is 8.05. The van der Waals surface area contributed by atoms with Crippen LogP contribution >= 0.6 is 23.2 Å². The van der Waals surface area contributed by atoms with Crippen molar-refractivity contribution in [3.05, 3.63) is 33.8 Å². The van der Waals surface area contributed by atoms with E-state index in [9.17, 15) is 5.11 Å².